The highest BCUT2D eigenvalue weighted by Crippen LogP contribution is 2.31. The number of nitrogens with one attached hydrogen (secondary N) is 1. The van der Waals surface area contributed by atoms with Gasteiger partial charge in [0.15, 0.2) is 0 Å². The maximum atomic E-state index is 13.1. The third-order valence-corrected chi connectivity index (χ3v) is 5.08. The summed E-state index contributed by atoms with van der Waals surface area (Å²) in [7, 11) is 4.07. The fourth-order valence-corrected chi connectivity index (χ4v) is 3.72. The molecule has 2 aromatic carbocycles. The molecule has 0 aliphatic rings. The van der Waals surface area contributed by atoms with E-state index in [1.165, 1.54) is 0 Å². The van der Waals surface area contributed by atoms with E-state index in [0.29, 0.717) is 10.9 Å². The molecule has 138 valence electrons. The van der Waals surface area contributed by atoms with Crippen molar-refractivity contribution in [3.63, 3.8) is 0 Å². The van der Waals surface area contributed by atoms with Crippen LogP contribution in [-0.4, -0.2) is 47.0 Å². The van der Waals surface area contributed by atoms with Crippen molar-refractivity contribution in [2.75, 3.05) is 27.2 Å². The number of aromatic nitrogens is 3. The van der Waals surface area contributed by atoms with Crippen LogP contribution in [0.5, 0.6) is 0 Å². The minimum atomic E-state index is -0.0704. The third kappa shape index (κ3) is 2.53. The fourth-order valence-electron chi connectivity index (χ4n) is 3.72. The van der Waals surface area contributed by atoms with E-state index in [0.717, 1.165) is 51.2 Å². The van der Waals surface area contributed by atoms with Crippen LogP contribution in [0.15, 0.2) is 58.6 Å². The Kier molecular flexibility index (Phi) is 3.80. The van der Waals surface area contributed by atoms with Gasteiger partial charge in [0.2, 0.25) is 5.43 Å². The van der Waals surface area contributed by atoms with Gasteiger partial charge in [0, 0.05) is 35.1 Å². The van der Waals surface area contributed by atoms with Gasteiger partial charge >= 0.3 is 0 Å². The molecule has 28 heavy (non-hydrogen) atoms. The van der Waals surface area contributed by atoms with Crippen molar-refractivity contribution in [3.05, 3.63) is 64.4 Å². The minimum Gasteiger partial charge on any atom is -0.359 e. The summed E-state index contributed by atoms with van der Waals surface area (Å²) in [6.07, 6.45) is 3.60. The van der Waals surface area contributed by atoms with Crippen molar-refractivity contribution in [2.45, 2.75) is 0 Å². The smallest absolute Gasteiger partial charge is 0.214 e. The van der Waals surface area contributed by atoms with Gasteiger partial charge in [0.1, 0.15) is 5.52 Å². The Morgan fingerprint density at radius 1 is 1.07 bits per heavy atom. The van der Waals surface area contributed by atoms with E-state index in [2.05, 4.69) is 25.9 Å². The summed E-state index contributed by atoms with van der Waals surface area (Å²) >= 11 is 0. The molecule has 6 nitrogen and oxygen atoms in total. The van der Waals surface area contributed by atoms with Gasteiger partial charge in [-0.15, -0.1) is 0 Å². The lowest BCUT2D eigenvalue weighted by molar-refractivity contribution is 0.419. The molecule has 0 bridgehead atoms. The van der Waals surface area contributed by atoms with Gasteiger partial charge in [-0.05, 0) is 55.9 Å². The molecule has 0 aliphatic heterocycles. The quantitative estimate of drug-likeness (QED) is 0.392. The number of pyridine rings is 3. The molecular formula is C22H19N5O. The number of aromatic amines is 1. The number of benzene rings is 2. The number of hydrogen-bond acceptors (Lipinski definition) is 5. The molecule has 0 spiro atoms. The second-order valence-electron chi connectivity index (χ2n) is 7.22. The van der Waals surface area contributed by atoms with Gasteiger partial charge in [-0.3, -0.25) is 14.8 Å². The molecule has 3 heterocycles. The second-order valence-corrected chi connectivity index (χ2v) is 7.22. The summed E-state index contributed by atoms with van der Waals surface area (Å²) in [5, 5.41) is 4.29. The van der Waals surface area contributed by atoms with Crippen LogP contribution in [-0.2, 0) is 0 Å². The molecule has 0 aliphatic carbocycles. The van der Waals surface area contributed by atoms with Crippen LogP contribution in [0.4, 0.5) is 0 Å². The van der Waals surface area contributed by atoms with Crippen molar-refractivity contribution in [3.8, 4) is 0 Å². The largest absolute Gasteiger partial charge is 0.359 e. The topological polar surface area (TPSA) is 74.2 Å². The van der Waals surface area contributed by atoms with E-state index in [1.54, 1.807) is 6.20 Å². The Hall–Kier alpha value is -3.38. The SMILES string of the molecule is CN(C)CCN=c1ccc2nc3c(=O)c4ccc[nH]c4c4nccc(c2c1)c34. The molecule has 1 N–H and O–H groups in total. The molecule has 0 saturated carbocycles. The zero-order valence-corrected chi connectivity index (χ0v) is 15.7. The normalized spacial score (nSPS) is 12.9. The lowest BCUT2D eigenvalue weighted by atomic mass is 10.0. The Balaban J connectivity index is 1.89. The number of H-pyrrole nitrogens is 1. The maximum Gasteiger partial charge on any atom is 0.214 e. The van der Waals surface area contributed by atoms with E-state index in [9.17, 15) is 4.79 Å². The van der Waals surface area contributed by atoms with Crippen LogP contribution in [0.1, 0.15) is 0 Å². The number of likely N-dealkylation sites (N-methyl/N-ethyl adjacent to an activating group) is 1. The van der Waals surface area contributed by atoms with Crippen molar-refractivity contribution in [1.82, 2.24) is 19.9 Å². The van der Waals surface area contributed by atoms with E-state index in [4.69, 9.17) is 4.98 Å². The molecule has 0 atom stereocenters. The van der Waals surface area contributed by atoms with Crippen LogP contribution >= 0.6 is 0 Å². The molecular weight excluding hydrogens is 350 g/mol. The maximum absolute atomic E-state index is 13.1. The zero-order valence-electron chi connectivity index (χ0n) is 15.7. The number of hydrogen-bond donors (Lipinski definition) is 1. The van der Waals surface area contributed by atoms with Gasteiger partial charge in [-0.1, -0.05) is 0 Å². The van der Waals surface area contributed by atoms with Crippen molar-refractivity contribution >= 4 is 43.6 Å². The number of rotatable bonds is 3. The fraction of sp³-hybridized carbons (Fsp3) is 0.182. The average Bonchev–Trinajstić information content (AvgIpc) is 2.71. The first kappa shape index (κ1) is 16.8. The van der Waals surface area contributed by atoms with Crippen LogP contribution in [0.25, 0.3) is 43.6 Å². The highest BCUT2D eigenvalue weighted by Gasteiger charge is 2.16. The summed E-state index contributed by atoms with van der Waals surface area (Å²) in [5.74, 6) is 0. The van der Waals surface area contributed by atoms with Crippen molar-refractivity contribution < 1.29 is 0 Å². The highest BCUT2D eigenvalue weighted by atomic mass is 16.1. The summed E-state index contributed by atoms with van der Waals surface area (Å²) in [5.41, 5.74) is 2.71. The lowest BCUT2D eigenvalue weighted by Gasteiger charge is -2.10. The van der Waals surface area contributed by atoms with Crippen LogP contribution < -0.4 is 10.8 Å². The van der Waals surface area contributed by atoms with Gasteiger partial charge in [-0.25, -0.2) is 4.98 Å². The molecule has 0 radical (unpaired) electrons. The number of nitrogens with zero attached hydrogens (tertiary/aromatic N) is 4. The minimum absolute atomic E-state index is 0.0704. The van der Waals surface area contributed by atoms with Crippen molar-refractivity contribution in [2.24, 2.45) is 4.99 Å². The molecule has 0 amide bonds. The molecule has 6 heteroatoms. The molecule has 0 unspecified atom stereocenters. The summed E-state index contributed by atoms with van der Waals surface area (Å²) in [6.45, 7) is 1.63. The number of fused-ring (bicyclic) bond motifs is 4. The van der Waals surface area contributed by atoms with Gasteiger partial charge < -0.3 is 9.88 Å². The third-order valence-electron chi connectivity index (χ3n) is 5.08. The van der Waals surface area contributed by atoms with Gasteiger partial charge in [-0.2, -0.15) is 0 Å². The van der Waals surface area contributed by atoms with E-state index in [-0.39, 0.29) is 5.43 Å². The van der Waals surface area contributed by atoms with E-state index >= 15 is 0 Å². The Labute approximate surface area is 160 Å². The summed E-state index contributed by atoms with van der Waals surface area (Å²) in [6, 6.07) is 11.5. The highest BCUT2D eigenvalue weighted by molar-refractivity contribution is 6.23. The zero-order chi connectivity index (χ0) is 19.3. The van der Waals surface area contributed by atoms with Crippen LogP contribution in [0.2, 0.25) is 0 Å². The molecule has 0 saturated heterocycles. The standard InChI is InChI=1S/C22H19N5O/c1-27(2)11-10-23-13-5-6-17-16(12-13)14-7-9-25-20-18(14)21(26-17)22(28)15-4-3-8-24-19(15)20/h3-9,12,24H,10-11H2,1-2H3. The Bertz CT molecular complexity index is 1470. The Morgan fingerprint density at radius 3 is 2.82 bits per heavy atom. The monoisotopic (exact) mass is 369 g/mol. The van der Waals surface area contributed by atoms with Crippen molar-refractivity contribution in [1.29, 1.82) is 0 Å². The predicted octanol–water partition coefficient (Wildman–Crippen LogP) is 2.68. The molecule has 0 fully saturated rings. The Morgan fingerprint density at radius 2 is 1.96 bits per heavy atom. The lowest BCUT2D eigenvalue weighted by Crippen LogP contribution is -2.17. The second kappa shape index (κ2) is 6.35. The first-order valence-corrected chi connectivity index (χ1v) is 9.24. The van der Waals surface area contributed by atoms with Gasteiger partial charge in [0.05, 0.1) is 28.5 Å². The van der Waals surface area contributed by atoms with E-state index < -0.39 is 0 Å². The molecule has 3 aromatic heterocycles. The molecule has 5 rings (SSSR count). The van der Waals surface area contributed by atoms with Crippen LogP contribution in [0.3, 0.4) is 0 Å². The average molecular weight is 369 g/mol. The van der Waals surface area contributed by atoms with E-state index in [1.807, 2.05) is 50.6 Å². The van der Waals surface area contributed by atoms with Crippen LogP contribution in [0, 0.1) is 0 Å². The first-order chi connectivity index (χ1) is 13.6. The first-order valence-electron chi connectivity index (χ1n) is 9.24. The van der Waals surface area contributed by atoms with Gasteiger partial charge in [0.25, 0.3) is 0 Å². The summed E-state index contributed by atoms with van der Waals surface area (Å²) < 4.78 is 0. The summed E-state index contributed by atoms with van der Waals surface area (Å²) in [4.78, 5) is 32.3. The predicted molar refractivity (Wildman–Crippen MR) is 113 cm³/mol. The molecule has 5 aromatic rings.